The highest BCUT2D eigenvalue weighted by Gasteiger charge is 2.31. The summed E-state index contributed by atoms with van der Waals surface area (Å²) in [6.07, 6.45) is 3.39. The van der Waals surface area contributed by atoms with Crippen LogP contribution in [0.3, 0.4) is 0 Å². The fraction of sp³-hybridized carbons (Fsp3) is 0.478. The van der Waals surface area contributed by atoms with Crippen LogP contribution in [0.25, 0.3) is 0 Å². The lowest BCUT2D eigenvalue weighted by molar-refractivity contribution is 0.222. The minimum atomic E-state index is -3.31. The number of ether oxygens (including phenoxy) is 2. The highest BCUT2D eigenvalue weighted by Crippen LogP contribution is 2.27. The third-order valence-electron chi connectivity index (χ3n) is 5.46. The third kappa shape index (κ3) is 5.73. The van der Waals surface area contributed by atoms with E-state index in [4.69, 9.17) is 9.47 Å². The van der Waals surface area contributed by atoms with Crippen molar-refractivity contribution in [1.82, 2.24) is 4.90 Å². The largest absolute Gasteiger partial charge is 0.497 e. The van der Waals surface area contributed by atoms with E-state index in [-0.39, 0.29) is 5.25 Å². The summed E-state index contributed by atoms with van der Waals surface area (Å²) >= 11 is 0. The summed E-state index contributed by atoms with van der Waals surface area (Å²) in [7, 11) is -1.65. The van der Waals surface area contributed by atoms with Gasteiger partial charge >= 0.3 is 0 Å². The maximum atomic E-state index is 13.0. The zero-order valence-electron chi connectivity index (χ0n) is 17.3. The molecule has 0 atom stereocenters. The summed E-state index contributed by atoms with van der Waals surface area (Å²) < 4.78 is 36.9. The first kappa shape index (κ1) is 21.7. The maximum Gasteiger partial charge on any atom is 0.181 e. The number of likely N-dealkylation sites (tertiary alicyclic amines) is 1. The number of nitrogens with zero attached hydrogens (tertiary/aromatic N) is 1. The van der Waals surface area contributed by atoms with Crippen LogP contribution >= 0.6 is 0 Å². The molecule has 0 saturated carbocycles. The van der Waals surface area contributed by atoms with Gasteiger partial charge in [0.25, 0.3) is 0 Å². The number of unbranched alkanes of at least 4 members (excludes halogenated alkanes) is 1. The van der Waals surface area contributed by atoms with Crippen molar-refractivity contribution in [2.75, 3.05) is 26.8 Å². The van der Waals surface area contributed by atoms with Crippen LogP contribution in [-0.4, -0.2) is 45.4 Å². The number of rotatable bonds is 9. The van der Waals surface area contributed by atoms with Gasteiger partial charge < -0.3 is 9.47 Å². The second-order valence-electron chi connectivity index (χ2n) is 7.54. The average Bonchev–Trinajstić information content (AvgIpc) is 2.75. The Hall–Kier alpha value is -2.05. The van der Waals surface area contributed by atoms with E-state index in [9.17, 15) is 8.42 Å². The molecule has 1 aliphatic rings. The molecule has 0 radical (unpaired) electrons. The summed E-state index contributed by atoms with van der Waals surface area (Å²) in [6.45, 7) is 5.18. The van der Waals surface area contributed by atoms with Crippen molar-refractivity contribution in [2.45, 2.75) is 49.3 Å². The van der Waals surface area contributed by atoms with Crippen molar-refractivity contribution in [3.8, 4) is 11.5 Å². The molecule has 0 amide bonds. The first-order valence-electron chi connectivity index (χ1n) is 10.3. The molecule has 29 heavy (non-hydrogen) atoms. The van der Waals surface area contributed by atoms with E-state index < -0.39 is 9.84 Å². The van der Waals surface area contributed by atoms with E-state index >= 15 is 0 Å². The van der Waals surface area contributed by atoms with Gasteiger partial charge in [-0.2, -0.15) is 0 Å². The SMILES string of the molecule is CCCCOc1ccc(S(=O)(=O)C2CCN(Cc3ccc(OC)cc3)CC2)cc1. The summed E-state index contributed by atoms with van der Waals surface area (Å²) in [5, 5.41) is -0.318. The van der Waals surface area contributed by atoms with Crippen LogP contribution in [0, 0.1) is 0 Å². The molecular formula is C23H31NO4S. The molecule has 0 aliphatic carbocycles. The third-order valence-corrected chi connectivity index (χ3v) is 7.74. The van der Waals surface area contributed by atoms with Gasteiger partial charge in [0.1, 0.15) is 11.5 Å². The quantitative estimate of drug-likeness (QED) is 0.569. The molecule has 158 valence electrons. The molecule has 2 aromatic carbocycles. The Labute approximate surface area is 174 Å². The average molecular weight is 418 g/mol. The molecule has 0 aromatic heterocycles. The first-order valence-corrected chi connectivity index (χ1v) is 11.9. The summed E-state index contributed by atoms with van der Waals surface area (Å²) in [6, 6.07) is 14.9. The summed E-state index contributed by atoms with van der Waals surface area (Å²) in [5.41, 5.74) is 1.21. The van der Waals surface area contributed by atoms with Crippen molar-refractivity contribution >= 4 is 9.84 Å². The summed E-state index contributed by atoms with van der Waals surface area (Å²) in [5.74, 6) is 1.58. The predicted octanol–water partition coefficient (Wildman–Crippen LogP) is 4.31. The highest BCUT2D eigenvalue weighted by molar-refractivity contribution is 7.92. The van der Waals surface area contributed by atoms with Crippen molar-refractivity contribution in [3.05, 3.63) is 54.1 Å². The molecule has 1 aliphatic heterocycles. The monoisotopic (exact) mass is 417 g/mol. The predicted molar refractivity (Wildman–Crippen MR) is 115 cm³/mol. The Balaban J connectivity index is 1.54. The highest BCUT2D eigenvalue weighted by atomic mass is 32.2. The van der Waals surface area contributed by atoms with Crippen LogP contribution < -0.4 is 9.47 Å². The first-order chi connectivity index (χ1) is 14.0. The van der Waals surface area contributed by atoms with Gasteiger partial charge in [-0.15, -0.1) is 0 Å². The molecule has 0 spiro atoms. The minimum absolute atomic E-state index is 0.318. The van der Waals surface area contributed by atoms with E-state index in [0.29, 0.717) is 24.3 Å². The number of sulfone groups is 1. The Kier molecular flexibility index (Phi) is 7.56. The van der Waals surface area contributed by atoms with Gasteiger partial charge in [0.05, 0.1) is 23.9 Å². The van der Waals surface area contributed by atoms with Crippen LogP contribution in [0.5, 0.6) is 11.5 Å². The molecule has 1 heterocycles. The van der Waals surface area contributed by atoms with Crippen LogP contribution in [0.15, 0.2) is 53.4 Å². The Morgan fingerprint density at radius 1 is 0.966 bits per heavy atom. The lowest BCUT2D eigenvalue weighted by Gasteiger charge is -2.31. The van der Waals surface area contributed by atoms with Gasteiger partial charge in [-0.3, -0.25) is 4.90 Å². The van der Waals surface area contributed by atoms with Gasteiger partial charge in [-0.1, -0.05) is 25.5 Å². The molecule has 5 nitrogen and oxygen atoms in total. The standard InChI is InChI=1S/C23H31NO4S/c1-3-4-17-28-21-9-11-22(12-10-21)29(25,26)23-13-15-24(16-14-23)18-19-5-7-20(27-2)8-6-19/h5-12,23H,3-4,13-18H2,1-2H3. The number of hydrogen-bond acceptors (Lipinski definition) is 5. The lowest BCUT2D eigenvalue weighted by Crippen LogP contribution is -2.38. The van der Waals surface area contributed by atoms with Gasteiger partial charge in [0.2, 0.25) is 0 Å². The van der Waals surface area contributed by atoms with Crippen LogP contribution in [0.4, 0.5) is 0 Å². The molecule has 1 fully saturated rings. The second kappa shape index (κ2) is 10.1. The van der Waals surface area contributed by atoms with E-state index in [1.54, 1.807) is 31.4 Å². The maximum absolute atomic E-state index is 13.0. The van der Waals surface area contributed by atoms with Crippen molar-refractivity contribution in [3.63, 3.8) is 0 Å². The molecular weight excluding hydrogens is 386 g/mol. The van der Waals surface area contributed by atoms with E-state index in [1.807, 2.05) is 12.1 Å². The fourth-order valence-corrected chi connectivity index (χ4v) is 5.35. The van der Waals surface area contributed by atoms with Crippen molar-refractivity contribution < 1.29 is 17.9 Å². The number of piperidine rings is 1. The molecule has 3 rings (SSSR count). The number of hydrogen-bond donors (Lipinski definition) is 0. The van der Waals surface area contributed by atoms with E-state index in [0.717, 1.165) is 44.0 Å². The molecule has 0 unspecified atom stereocenters. The van der Waals surface area contributed by atoms with Crippen LogP contribution in [-0.2, 0) is 16.4 Å². The van der Waals surface area contributed by atoms with Gasteiger partial charge in [-0.25, -0.2) is 8.42 Å². The van der Waals surface area contributed by atoms with Crippen molar-refractivity contribution in [1.29, 1.82) is 0 Å². The van der Waals surface area contributed by atoms with Crippen molar-refractivity contribution in [2.24, 2.45) is 0 Å². The second-order valence-corrected chi connectivity index (χ2v) is 9.77. The molecule has 0 N–H and O–H groups in total. The zero-order chi connectivity index (χ0) is 20.7. The van der Waals surface area contributed by atoms with Crippen LogP contribution in [0.2, 0.25) is 0 Å². The Bertz CT molecular complexity index is 855. The smallest absolute Gasteiger partial charge is 0.181 e. The molecule has 2 aromatic rings. The van der Waals surface area contributed by atoms with E-state index in [2.05, 4.69) is 24.0 Å². The van der Waals surface area contributed by atoms with E-state index in [1.165, 1.54) is 5.56 Å². The Morgan fingerprint density at radius 2 is 1.59 bits per heavy atom. The number of methoxy groups -OCH3 is 1. The minimum Gasteiger partial charge on any atom is -0.497 e. The molecule has 1 saturated heterocycles. The van der Waals surface area contributed by atoms with Crippen LogP contribution in [0.1, 0.15) is 38.2 Å². The topological polar surface area (TPSA) is 55.8 Å². The molecule has 6 heteroatoms. The normalized spacial score (nSPS) is 15.9. The summed E-state index contributed by atoms with van der Waals surface area (Å²) in [4.78, 5) is 2.72. The zero-order valence-corrected chi connectivity index (χ0v) is 18.2. The lowest BCUT2D eigenvalue weighted by atomic mass is 10.1. The Morgan fingerprint density at radius 3 is 2.17 bits per heavy atom. The number of benzene rings is 2. The van der Waals surface area contributed by atoms with Gasteiger partial charge in [0, 0.05) is 6.54 Å². The molecule has 0 bridgehead atoms. The van der Waals surface area contributed by atoms with Gasteiger partial charge in [0.15, 0.2) is 9.84 Å². The van der Waals surface area contributed by atoms with Gasteiger partial charge in [-0.05, 0) is 74.3 Å². The fourth-order valence-electron chi connectivity index (χ4n) is 3.62.